The van der Waals surface area contributed by atoms with Gasteiger partial charge in [-0.05, 0) is 42.8 Å². The second-order valence-corrected chi connectivity index (χ2v) is 6.52. The second-order valence-electron chi connectivity index (χ2n) is 6.52. The van der Waals surface area contributed by atoms with Gasteiger partial charge >= 0.3 is 5.69 Å². The zero-order chi connectivity index (χ0) is 18.8. The number of nitrogens with one attached hydrogen (secondary N) is 1. The summed E-state index contributed by atoms with van der Waals surface area (Å²) in [6, 6.07) is 13.3. The maximum atomic E-state index is 12.3. The van der Waals surface area contributed by atoms with Gasteiger partial charge in [0.1, 0.15) is 0 Å². The van der Waals surface area contributed by atoms with Crippen molar-refractivity contribution in [2.24, 2.45) is 0 Å². The fourth-order valence-electron chi connectivity index (χ4n) is 3.26. The topological polar surface area (TPSA) is 73.3 Å². The Morgan fingerprint density at radius 1 is 1.11 bits per heavy atom. The largest absolute Gasteiger partial charge is 0.350 e. The Morgan fingerprint density at radius 3 is 2.81 bits per heavy atom. The molecule has 3 heterocycles. The summed E-state index contributed by atoms with van der Waals surface area (Å²) in [4.78, 5) is 24.5. The standard InChI is InChI=1S/C20H21N5O2/c1-2-10-23-12-8-15-14-16(6-7-17(15)23)21-19(26)9-13-25-20(27)24-11-4-3-5-18(24)22-25/h3-8,11-12,14H,2,9-10,13H2,1H3,(H,21,26). The lowest BCUT2D eigenvalue weighted by molar-refractivity contribution is -0.116. The number of amides is 1. The van der Waals surface area contributed by atoms with Crippen LogP contribution in [0, 0.1) is 0 Å². The van der Waals surface area contributed by atoms with Gasteiger partial charge in [0.2, 0.25) is 5.91 Å². The van der Waals surface area contributed by atoms with E-state index in [2.05, 4.69) is 34.2 Å². The SMILES string of the molecule is CCCn1ccc2cc(NC(=O)CCn3nc4ccccn4c3=O)ccc21. The minimum Gasteiger partial charge on any atom is -0.347 e. The zero-order valence-electron chi connectivity index (χ0n) is 15.1. The molecule has 1 aromatic carbocycles. The molecule has 3 aromatic heterocycles. The monoisotopic (exact) mass is 363 g/mol. The molecule has 0 saturated carbocycles. The highest BCUT2D eigenvalue weighted by atomic mass is 16.2. The van der Waals surface area contributed by atoms with E-state index in [0.717, 1.165) is 29.6 Å². The van der Waals surface area contributed by atoms with E-state index >= 15 is 0 Å². The fourth-order valence-corrected chi connectivity index (χ4v) is 3.26. The molecule has 4 rings (SSSR count). The van der Waals surface area contributed by atoms with Gasteiger partial charge in [-0.25, -0.2) is 9.48 Å². The summed E-state index contributed by atoms with van der Waals surface area (Å²) in [5, 5.41) is 8.23. The number of pyridine rings is 1. The lowest BCUT2D eigenvalue weighted by Gasteiger charge is -2.07. The average molecular weight is 363 g/mol. The number of anilines is 1. The number of carbonyl (C=O) groups excluding carboxylic acids is 1. The van der Waals surface area contributed by atoms with E-state index in [9.17, 15) is 9.59 Å². The smallest absolute Gasteiger partial charge is 0.347 e. The molecule has 138 valence electrons. The fraction of sp³-hybridized carbons (Fsp3) is 0.250. The van der Waals surface area contributed by atoms with Crippen molar-refractivity contribution < 1.29 is 4.79 Å². The van der Waals surface area contributed by atoms with E-state index in [1.807, 2.05) is 24.3 Å². The highest BCUT2D eigenvalue weighted by molar-refractivity contribution is 5.93. The van der Waals surface area contributed by atoms with Crippen LogP contribution in [0.4, 0.5) is 5.69 Å². The van der Waals surface area contributed by atoms with E-state index in [1.54, 1.807) is 18.3 Å². The van der Waals surface area contributed by atoms with Crippen LogP contribution in [0.1, 0.15) is 19.8 Å². The Morgan fingerprint density at radius 2 is 2.00 bits per heavy atom. The van der Waals surface area contributed by atoms with Crippen molar-refractivity contribution >= 4 is 28.1 Å². The Bertz CT molecular complexity index is 1170. The van der Waals surface area contributed by atoms with Crippen molar-refractivity contribution in [2.45, 2.75) is 32.9 Å². The number of benzene rings is 1. The third-order valence-corrected chi connectivity index (χ3v) is 4.56. The molecule has 0 aliphatic rings. The van der Waals surface area contributed by atoms with Crippen LogP contribution in [0.2, 0.25) is 0 Å². The molecular weight excluding hydrogens is 342 g/mol. The second kappa shape index (κ2) is 7.11. The Hall–Kier alpha value is -3.35. The summed E-state index contributed by atoms with van der Waals surface area (Å²) in [7, 11) is 0. The predicted octanol–water partition coefficient (Wildman–Crippen LogP) is 2.89. The van der Waals surface area contributed by atoms with Crippen molar-refractivity contribution in [3.63, 3.8) is 0 Å². The third kappa shape index (κ3) is 3.36. The minimum absolute atomic E-state index is 0.147. The van der Waals surface area contributed by atoms with Crippen LogP contribution in [0.5, 0.6) is 0 Å². The Labute approximate surface area is 155 Å². The van der Waals surface area contributed by atoms with Crippen molar-refractivity contribution in [3.8, 4) is 0 Å². The normalized spacial score (nSPS) is 11.3. The first-order chi connectivity index (χ1) is 13.2. The number of aromatic nitrogens is 4. The highest BCUT2D eigenvalue weighted by Crippen LogP contribution is 2.21. The molecule has 4 aromatic rings. The minimum atomic E-state index is -0.239. The molecule has 0 aliphatic heterocycles. The van der Waals surface area contributed by atoms with Gasteiger partial charge in [-0.1, -0.05) is 13.0 Å². The van der Waals surface area contributed by atoms with E-state index in [1.165, 1.54) is 9.08 Å². The van der Waals surface area contributed by atoms with Crippen LogP contribution >= 0.6 is 0 Å². The van der Waals surface area contributed by atoms with Crippen molar-refractivity contribution in [1.29, 1.82) is 0 Å². The lowest BCUT2D eigenvalue weighted by Crippen LogP contribution is -2.24. The Balaban J connectivity index is 1.43. The summed E-state index contributed by atoms with van der Waals surface area (Å²) >= 11 is 0. The molecule has 0 unspecified atom stereocenters. The van der Waals surface area contributed by atoms with Crippen molar-refractivity contribution in [2.75, 3.05) is 5.32 Å². The van der Waals surface area contributed by atoms with Crippen LogP contribution in [-0.2, 0) is 17.9 Å². The van der Waals surface area contributed by atoms with Crippen molar-refractivity contribution in [3.05, 3.63) is 65.3 Å². The van der Waals surface area contributed by atoms with E-state index in [4.69, 9.17) is 0 Å². The number of carbonyl (C=O) groups is 1. The van der Waals surface area contributed by atoms with E-state index < -0.39 is 0 Å². The Kier molecular flexibility index (Phi) is 4.50. The van der Waals surface area contributed by atoms with Crippen LogP contribution < -0.4 is 11.0 Å². The first kappa shape index (κ1) is 17.1. The molecule has 7 nitrogen and oxygen atoms in total. The lowest BCUT2D eigenvalue weighted by atomic mass is 10.2. The summed E-state index contributed by atoms with van der Waals surface area (Å²) in [5.74, 6) is -0.147. The molecule has 0 saturated heterocycles. The number of rotatable bonds is 6. The number of hydrogen-bond donors (Lipinski definition) is 1. The molecule has 1 N–H and O–H groups in total. The summed E-state index contributed by atoms with van der Waals surface area (Å²) < 4.78 is 4.99. The van der Waals surface area contributed by atoms with E-state index in [0.29, 0.717) is 5.65 Å². The summed E-state index contributed by atoms with van der Waals surface area (Å²) in [6.07, 6.45) is 4.99. The molecule has 1 amide bonds. The molecular formula is C20H21N5O2. The zero-order valence-corrected chi connectivity index (χ0v) is 15.1. The number of aryl methyl sites for hydroxylation is 2. The van der Waals surface area contributed by atoms with Gasteiger partial charge in [-0.3, -0.25) is 9.20 Å². The van der Waals surface area contributed by atoms with E-state index in [-0.39, 0.29) is 24.6 Å². The molecule has 0 bridgehead atoms. The maximum absolute atomic E-state index is 12.3. The number of fused-ring (bicyclic) bond motifs is 2. The van der Waals surface area contributed by atoms with Gasteiger partial charge in [-0.2, -0.15) is 0 Å². The number of hydrogen-bond acceptors (Lipinski definition) is 3. The van der Waals surface area contributed by atoms with Gasteiger partial charge < -0.3 is 9.88 Å². The van der Waals surface area contributed by atoms with Gasteiger partial charge in [0.05, 0.1) is 6.54 Å². The summed E-state index contributed by atoms with van der Waals surface area (Å²) in [5.41, 5.74) is 2.25. The molecule has 0 spiro atoms. The summed E-state index contributed by atoms with van der Waals surface area (Å²) in [6.45, 7) is 3.36. The molecule has 27 heavy (non-hydrogen) atoms. The number of nitrogens with zero attached hydrogens (tertiary/aromatic N) is 4. The van der Waals surface area contributed by atoms with Crippen molar-refractivity contribution in [1.82, 2.24) is 18.7 Å². The molecule has 7 heteroatoms. The molecule has 0 atom stereocenters. The quantitative estimate of drug-likeness (QED) is 0.572. The van der Waals surface area contributed by atoms with Crippen LogP contribution in [0.15, 0.2) is 59.7 Å². The van der Waals surface area contributed by atoms with Crippen LogP contribution in [0.25, 0.3) is 16.6 Å². The molecule has 0 fully saturated rings. The van der Waals surface area contributed by atoms with Gasteiger partial charge in [-0.15, -0.1) is 5.10 Å². The molecule has 0 aliphatic carbocycles. The van der Waals surface area contributed by atoms with Gasteiger partial charge in [0.25, 0.3) is 0 Å². The average Bonchev–Trinajstić information content (AvgIpc) is 3.22. The van der Waals surface area contributed by atoms with Gasteiger partial charge in [0.15, 0.2) is 5.65 Å². The maximum Gasteiger partial charge on any atom is 0.350 e. The van der Waals surface area contributed by atoms with Crippen LogP contribution in [-0.4, -0.2) is 24.7 Å². The first-order valence-electron chi connectivity index (χ1n) is 9.08. The third-order valence-electron chi connectivity index (χ3n) is 4.56. The van der Waals surface area contributed by atoms with Crippen LogP contribution in [0.3, 0.4) is 0 Å². The molecule has 0 radical (unpaired) electrons. The predicted molar refractivity (Wildman–Crippen MR) is 105 cm³/mol. The van der Waals surface area contributed by atoms with Gasteiger partial charge in [0, 0.05) is 41.9 Å². The first-order valence-corrected chi connectivity index (χ1v) is 9.08. The highest BCUT2D eigenvalue weighted by Gasteiger charge is 2.09.